The van der Waals surface area contributed by atoms with Gasteiger partial charge in [-0.2, -0.15) is 0 Å². The molecule has 0 saturated carbocycles. The Hall–Kier alpha value is -3.20. The van der Waals surface area contributed by atoms with Crippen molar-refractivity contribution in [2.75, 3.05) is 11.9 Å². The van der Waals surface area contributed by atoms with Crippen LogP contribution in [0.2, 0.25) is 0 Å². The van der Waals surface area contributed by atoms with Crippen LogP contribution in [-0.4, -0.2) is 33.0 Å². The van der Waals surface area contributed by atoms with Crippen LogP contribution < -0.4 is 10.6 Å². The Kier molecular flexibility index (Phi) is 5.27. The zero-order chi connectivity index (χ0) is 17.7. The summed E-state index contributed by atoms with van der Waals surface area (Å²) in [7, 11) is 1.74. The molecule has 0 saturated heterocycles. The summed E-state index contributed by atoms with van der Waals surface area (Å²) in [6.45, 7) is -0.166. The predicted octanol–water partition coefficient (Wildman–Crippen LogP) is 0.722. The number of para-hydroxylation sites is 2. The average molecular weight is 332 g/mol. The first-order valence-electron chi connectivity index (χ1n) is 7.02. The zero-order valence-electron chi connectivity index (χ0n) is 12.8. The second-order valence-electron chi connectivity index (χ2n) is 5.00. The molecule has 3 N–H and O–H groups in total. The molecule has 0 fully saturated rings. The van der Waals surface area contributed by atoms with Crippen LogP contribution in [0.25, 0.3) is 0 Å². The summed E-state index contributed by atoms with van der Waals surface area (Å²) in [6, 6.07) is 8.91. The molecule has 0 spiro atoms. The van der Waals surface area contributed by atoms with Crippen molar-refractivity contribution in [2.45, 2.75) is 6.10 Å². The number of nitro groups is 1. The van der Waals surface area contributed by atoms with Gasteiger partial charge in [0.05, 0.1) is 4.92 Å². The molecular formula is C15H16N4O5. The molecule has 9 heteroatoms. The van der Waals surface area contributed by atoms with Crippen molar-refractivity contribution in [2.24, 2.45) is 7.05 Å². The number of nitro benzene ring substituents is 1. The summed E-state index contributed by atoms with van der Waals surface area (Å²) in [4.78, 5) is 33.8. The van der Waals surface area contributed by atoms with Crippen LogP contribution in [0.4, 0.5) is 11.4 Å². The predicted molar refractivity (Wildman–Crippen MR) is 85.1 cm³/mol. The van der Waals surface area contributed by atoms with Gasteiger partial charge in [-0.1, -0.05) is 12.1 Å². The first-order valence-corrected chi connectivity index (χ1v) is 7.02. The standard InChI is InChI=1S/C15H16N4O5/c1-18-8-4-7-12(18)13(20)9-16-14(21)15(22)17-10-5-2-3-6-11(10)19(23)24/h2-8,13,20H,9H2,1H3,(H,16,21)(H,17,22). The number of hydrogen-bond donors (Lipinski definition) is 3. The summed E-state index contributed by atoms with van der Waals surface area (Å²) < 4.78 is 1.68. The monoisotopic (exact) mass is 332 g/mol. The number of aromatic nitrogens is 1. The number of aliphatic hydroxyl groups is 1. The molecule has 1 aromatic heterocycles. The van der Waals surface area contributed by atoms with Crippen molar-refractivity contribution in [3.05, 3.63) is 58.4 Å². The minimum absolute atomic E-state index is 0.0781. The van der Waals surface area contributed by atoms with E-state index in [0.29, 0.717) is 5.69 Å². The van der Waals surface area contributed by atoms with Gasteiger partial charge in [0.1, 0.15) is 11.8 Å². The average Bonchev–Trinajstić information content (AvgIpc) is 2.98. The Labute approximate surface area is 137 Å². The second-order valence-corrected chi connectivity index (χ2v) is 5.00. The summed E-state index contributed by atoms with van der Waals surface area (Å²) in [5, 5.41) is 25.3. The molecule has 1 unspecified atom stereocenters. The lowest BCUT2D eigenvalue weighted by Gasteiger charge is -2.13. The van der Waals surface area contributed by atoms with E-state index in [1.54, 1.807) is 29.9 Å². The number of aryl methyl sites for hydroxylation is 1. The number of anilines is 1. The van der Waals surface area contributed by atoms with E-state index in [4.69, 9.17) is 0 Å². The van der Waals surface area contributed by atoms with E-state index in [0.717, 1.165) is 0 Å². The first-order chi connectivity index (χ1) is 11.4. The van der Waals surface area contributed by atoms with Gasteiger partial charge in [-0.05, 0) is 18.2 Å². The van der Waals surface area contributed by atoms with Crippen LogP contribution >= 0.6 is 0 Å². The van der Waals surface area contributed by atoms with Gasteiger partial charge in [-0.15, -0.1) is 0 Å². The maximum Gasteiger partial charge on any atom is 0.313 e. The summed E-state index contributed by atoms with van der Waals surface area (Å²) in [5.41, 5.74) is 0.183. The van der Waals surface area contributed by atoms with Crippen molar-refractivity contribution in [1.82, 2.24) is 9.88 Å². The molecule has 0 aliphatic rings. The van der Waals surface area contributed by atoms with Gasteiger partial charge in [0.15, 0.2) is 0 Å². The zero-order valence-corrected chi connectivity index (χ0v) is 12.8. The molecule has 1 atom stereocenters. The van der Waals surface area contributed by atoms with Crippen molar-refractivity contribution in [3.8, 4) is 0 Å². The highest BCUT2D eigenvalue weighted by atomic mass is 16.6. The van der Waals surface area contributed by atoms with Crippen molar-refractivity contribution in [1.29, 1.82) is 0 Å². The lowest BCUT2D eigenvalue weighted by atomic mass is 10.2. The molecule has 126 valence electrons. The molecule has 0 bridgehead atoms. The molecule has 9 nitrogen and oxygen atoms in total. The van der Waals surface area contributed by atoms with Gasteiger partial charge in [0.25, 0.3) is 5.69 Å². The van der Waals surface area contributed by atoms with Crippen LogP contribution in [0.15, 0.2) is 42.6 Å². The number of aliphatic hydroxyl groups excluding tert-OH is 1. The quantitative estimate of drug-likeness (QED) is 0.422. The number of carbonyl (C=O) groups is 2. The third kappa shape index (κ3) is 3.96. The summed E-state index contributed by atoms with van der Waals surface area (Å²) >= 11 is 0. The maximum atomic E-state index is 11.8. The Bertz CT molecular complexity index is 771. The third-order valence-electron chi connectivity index (χ3n) is 3.34. The Morgan fingerprint density at radius 2 is 1.96 bits per heavy atom. The van der Waals surface area contributed by atoms with E-state index in [1.807, 2.05) is 0 Å². The van der Waals surface area contributed by atoms with Crippen LogP contribution in [0.3, 0.4) is 0 Å². The number of amides is 2. The van der Waals surface area contributed by atoms with Crippen molar-refractivity contribution in [3.63, 3.8) is 0 Å². The minimum Gasteiger partial charge on any atom is -0.385 e. The van der Waals surface area contributed by atoms with E-state index in [9.17, 15) is 24.8 Å². The molecular weight excluding hydrogens is 316 g/mol. The van der Waals surface area contributed by atoms with Gasteiger partial charge in [-0.25, -0.2) is 0 Å². The fraction of sp³-hybridized carbons (Fsp3) is 0.200. The SMILES string of the molecule is Cn1cccc1C(O)CNC(=O)C(=O)Nc1ccccc1[N+](=O)[O-]. The number of nitrogens with one attached hydrogen (secondary N) is 2. The Balaban J connectivity index is 1.95. The minimum atomic E-state index is -1.05. The smallest absolute Gasteiger partial charge is 0.313 e. The topological polar surface area (TPSA) is 126 Å². The van der Waals surface area contributed by atoms with Gasteiger partial charge in [-0.3, -0.25) is 19.7 Å². The maximum absolute atomic E-state index is 11.8. The molecule has 0 radical (unpaired) electrons. The third-order valence-corrected chi connectivity index (χ3v) is 3.34. The molecule has 2 aromatic rings. The van der Waals surface area contributed by atoms with Gasteiger partial charge in [0, 0.05) is 31.5 Å². The highest BCUT2D eigenvalue weighted by molar-refractivity contribution is 6.39. The van der Waals surface area contributed by atoms with E-state index in [1.165, 1.54) is 24.3 Å². The molecule has 0 aliphatic heterocycles. The van der Waals surface area contributed by atoms with Crippen LogP contribution in [0, 0.1) is 10.1 Å². The van der Waals surface area contributed by atoms with Crippen molar-refractivity contribution >= 4 is 23.2 Å². The lowest BCUT2D eigenvalue weighted by Crippen LogP contribution is -2.38. The van der Waals surface area contributed by atoms with Gasteiger partial charge in [0.2, 0.25) is 0 Å². The molecule has 1 heterocycles. The number of benzene rings is 1. The fourth-order valence-corrected chi connectivity index (χ4v) is 2.11. The first kappa shape index (κ1) is 17.2. The van der Waals surface area contributed by atoms with Crippen molar-refractivity contribution < 1.29 is 19.6 Å². The molecule has 24 heavy (non-hydrogen) atoms. The fourth-order valence-electron chi connectivity index (χ4n) is 2.11. The number of rotatable bonds is 5. The molecule has 1 aromatic carbocycles. The van der Waals surface area contributed by atoms with Crippen LogP contribution in [0.5, 0.6) is 0 Å². The van der Waals surface area contributed by atoms with E-state index in [2.05, 4.69) is 10.6 Å². The second kappa shape index (κ2) is 7.38. The number of carbonyl (C=O) groups excluding carboxylic acids is 2. The van der Waals surface area contributed by atoms with E-state index in [-0.39, 0.29) is 17.9 Å². The highest BCUT2D eigenvalue weighted by Crippen LogP contribution is 2.22. The summed E-state index contributed by atoms with van der Waals surface area (Å²) in [5.74, 6) is -2.05. The molecule has 0 aliphatic carbocycles. The Morgan fingerprint density at radius 1 is 1.25 bits per heavy atom. The van der Waals surface area contributed by atoms with E-state index < -0.39 is 22.8 Å². The van der Waals surface area contributed by atoms with Crippen LogP contribution in [0.1, 0.15) is 11.8 Å². The lowest BCUT2D eigenvalue weighted by molar-refractivity contribution is -0.383. The van der Waals surface area contributed by atoms with Crippen LogP contribution in [-0.2, 0) is 16.6 Å². The molecule has 2 rings (SSSR count). The van der Waals surface area contributed by atoms with Gasteiger partial charge < -0.3 is 20.3 Å². The number of hydrogen-bond acceptors (Lipinski definition) is 5. The largest absolute Gasteiger partial charge is 0.385 e. The normalized spacial score (nSPS) is 11.6. The number of nitrogens with zero attached hydrogens (tertiary/aromatic N) is 2. The van der Waals surface area contributed by atoms with E-state index >= 15 is 0 Å². The Morgan fingerprint density at radius 3 is 2.58 bits per heavy atom. The summed E-state index contributed by atoms with van der Waals surface area (Å²) in [6.07, 6.45) is 0.759. The highest BCUT2D eigenvalue weighted by Gasteiger charge is 2.20. The van der Waals surface area contributed by atoms with Gasteiger partial charge >= 0.3 is 11.8 Å². The molecule has 2 amide bonds.